The first-order valence-corrected chi connectivity index (χ1v) is 11.9. The van der Waals surface area contributed by atoms with E-state index in [1.54, 1.807) is 12.1 Å². The van der Waals surface area contributed by atoms with E-state index in [9.17, 15) is 4.39 Å². The van der Waals surface area contributed by atoms with E-state index in [1.807, 2.05) is 30.8 Å². The lowest BCUT2D eigenvalue weighted by Gasteiger charge is -2.33. The highest BCUT2D eigenvalue weighted by Gasteiger charge is 2.29. The molecule has 3 aromatic heterocycles. The third kappa shape index (κ3) is 3.91. The Morgan fingerprint density at radius 1 is 1.09 bits per heavy atom. The first-order valence-electron chi connectivity index (χ1n) is 11.5. The maximum absolute atomic E-state index is 15.0. The molecule has 7 nitrogen and oxygen atoms in total. The molecule has 9 heteroatoms. The van der Waals surface area contributed by atoms with Gasteiger partial charge in [-0.25, -0.2) is 19.3 Å². The highest BCUT2D eigenvalue weighted by molar-refractivity contribution is 6.30. The van der Waals surface area contributed by atoms with Crippen molar-refractivity contribution in [3.63, 3.8) is 0 Å². The molecule has 0 bridgehead atoms. The summed E-state index contributed by atoms with van der Waals surface area (Å²) in [5, 5.41) is 4.85. The second-order valence-electron chi connectivity index (χ2n) is 9.01. The monoisotopic (exact) mass is 478 g/mol. The summed E-state index contributed by atoms with van der Waals surface area (Å²) < 4.78 is 23.1. The van der Waals surface area contributed by atoms with Crippen LogP contribution in [-0.4, -0.2) is 44.4 Å². The molecule has 174 valence electrons. The van der Waals surface area contributed by atoms with Gasteiger partial charge >= 0.3 is 0 Å². The van der Waals surface area contributed by atoms with Gasteiger partial charge < -0.3 is 9.64 Å². The van der Waals surface area contributed by atoms with Crippen LogP contribution >= 0.6 is 11.6 Å². The smallest absolute Gasteiger partial charge is 0.134 e. The van der Waals surface area contributed by atoms with E-state index < -0.39 is 5.82 Å². The van der Waals surface area contributed by atoms with Crippen molar-refractivity contribution in [1.82, 2.24) is 24.7 Å². The van der Waals surface area contributed by atoms with Gasteiger partial charge in [0.2, 0.25) is 0 Å². The van der Waals surface area contributed by atoms with Crippen molar-refractivity contribution in [2.24, 2.45) is 0 Å². The molecule has 1 saturated heterocycles. The molecule has 1 unspecified atom stereocenters. The lowest BCUT2D eigenvalue weighted by atomic mass is 10.1. The molecular formula is C25H24ClFN6O. The van der Waals surface area contributed by atoms with Crippen molar-refractivity contribution in [2.75, 3.05) is 24.6 Å². The number of nitrogens with zero attached hydrogens (tertiary/aromatic N) is 6. The fraction of sp³-hybridized carbons (Fsp3) is 0.360. The largest absolute Gasteiger partial charge is 0.370 e. The van der Waals surface area contributed by atoms with Gasteiger partial charge in [0.15, 0.2) is 0 Å². The molecule has 2 fully saturated rings. The molecule has 1 atom stereocenters. The van der Waals surface area contributed by atoms with Crippen molar-refractivity contribution in [1.29, 1.82) is 0 Å². The lowest BCUT2D eigenvalue weighted by molar-refractivity contribution is 0.0395. The SMILES string of the molecule is Cc1nc2cc(N3CCOC(c4cnn(C5CC5)c4)C3)nc(-c3ccc(Cl)cc3F)c2nc1C. The number of ether oxygens (including phenoxy) is 1. The number of hydrogen-bond donors (Lipinski definition) is 0. The first-order chi connectivity index (χ1) is 16.5. The van der Waals surface area contributed by atoms with Crippen molar-refractivity contribution in [3.8, 4) is 11.3 Å². The second-order valence-corrected chi connectivity index (χ2v) is 9.44. The van der Waals surface area contributed by atoms with Gasteiger partial charge in [-0.1, -0.05) is 11.6 Å². The van der Waals surface area contributed by atoms with E-state index in [1.165, 1.54) is 18.9 Å². The number of morpholine rings is 1. The van der Waals surface area contributed by atoms with Crippen LogP contribution in [0.5, 0.6) is 0 Å². The predicted octanol–water partition coefficient (Wildman–Crippen LogP) is 5.21. The number of pyridine rings is 1. The van der Waals surface area contributed by atoms with Crippen molar-refractivity contribution >= 4 is 28.5 Å². The van der Waals surface area contributed by atoms with E-state index in [0.717, 1.165) is 22.8 Å². The van der Waals surface area contributed by atoms with Crippen LogP contribution in [0.4, 0.5) is 10.2 Å². The van der Waals surface area contributed by atoms with Crippen molar-refractivity contribution < 1.29 is 9.13 Å². The van der Waals surface area contributed by atoms with Crippen LogP contribution in [0.15, 0.2) is 36.7 Å². The van der Waals surface area contributed by atoms with E-state index in [4.69, 9.17) is 31.3 Å². The molecule has 1 saturated carbocycles. The minimum Gasteiger partial charge on any atom is -0.370 e. The van der Waals surface area contributed by atoms with Gasteiger partial charge in [-0.05, 0) is 44.9 Å². The summed E-state index contributed by atoms with van der Waals surface area (Å²) in [4.78, 5) is 16.5. The zero-order valence-electron chi connectivity index (χ0n) is 19.0. The Bertz CT molecular complexity index is 1400. The number of rotatable bonds is 4. The zero-order valence-corrected chi connectivity index (χ0v) is 19.8. The molecule has 4 aromatic rings. The molecule has 1 aliphatic carbocycles. The Hall–Kier alpha value is -3.10. The van der Waals surface area contributed by atoms with Crippen LogP contribution in [0.3, 0.4) is 0 Å². The van der Waals surface area contributed by atoms with E-state index >= 15 is 0 Å². The minimum absolute atomic E-state index is 0.111. The summed E-state index contributed by atoms with van der Waals surface area (Å²) >= 11 is 6.00. The molecule has 1 aliphatic heterocycles. The molecule has 0 amide bonds. The maximum atomic E-state index is 15.0. The Balaban J connectivity index is 1.41. The summed E-state index contributed by atoms with van der Waals surface area (Å²) in [6, 6.07) is 7.07. The average Bonchev–Trinajstić information content (AvgIpc) is 3.56. The molecule has 4 heterocycles. The first kappa shape index (κ1) is 21.4. The fourth-order valence-corrected chi connectivity index (χ4v) is 4.52. The number of benzene rings is 1. The predicted molar refractivity (Wildman–Crippen MR) is 129 cm³/mol. The molecule has 1 aromatic carbocycles. The van der Waals surface area contributed by atoms with Crippen LogP contribution in [-0.2, 0) is 4.74 Å². The normalized spacial score (nSPS) is 18.6. The zero-order chi connectivity index (χ0) is 23.4. The highest BCUT2D eigenvalue weighted by Crippen LogP contribution is 2.36. The molecular weight excluding hydrogens is 455 g/mol. The standard InChI is InChI=1S/C25H24ClFN6O/c1-14-15(2)30-25-21(29-14)10-23(31-24(25)19-6-3-17(26)9-20(19)27)32-7-8-34-22(13-32)16-11-28-33(12-16)18-4-5-18/h3,6,9-12,18,22H,4-5,7-8,13H2,1-2H3. The quantitative estimate of drug-likeness (QED) is 0.401. The number of hydrogen-bond acceptors (Lipinski definition) is 6. The van der Waals surface area contributed by atoms with Crippen molar-refractivity contribution in [2.45, 2.75) is 38.8 Å². The maximum Gasteiger partial charge on any atom is 0.134 e. The summed E-state index contributed by atoms with van der Waals surface area (Å²) in [6.07, 6.45) is 6.24. The van der Waals surface area contributed by atoms with E-state index in [0.29, 0.717) is 53.1 Å². The number of aryl methyl sites for hydroxylation is 2. The molecule has 34 heavy (non-hydrogen) atoms. The Morgan fingerprint density at radius 3 is 2.71 bits per heavy atom. The van der Waals surface area contributed by atoms with E-state index in [-0.39, 0.29) is 6.10 Å². The minimum atomic E-state index is -0.439. The molecule has 6 rings (SSSR count). The number of halogens is 2. The summed E-state index contributed by atoms with van der Waals surface area (Å²) in [5.41, 5.74) is 4.75. The molecule has 2 aliphatic rings. The second kappa shape index (κ2) is 8.29. The highest BCUT2D eigenvalue weighted by atomic mass is 35.5. The van der Waals surface area contributed by atoms with Gasteiger partial charge in [0.1, 0.15) is 28.9 Å². The van der Waals surface area contributed by atoms with Gasteiger partial charge in [-0.3, -0.25) is 4.68 Å². The fourth-order valence-electron chi connectivity index (χ4n) is 4.37. The van der Waals surface area contributed by atoms with E-state index in [2.05, 4.69) is 16.2 Å². The summed E-state index contributed by atoms with van der Waals surface area (Å²) in [6.45, 7) is 5.67. The number of fused-ring (bicyclic) bond motifs is 1. The van der Waals surface area contributed by atoms with Gasteiger partial charge in [-0.2, -0.15) is 5.10 Å². The Labute approximate surface area is 201 Å². The van der Waals surface area contributed by atoms with Gasteiger partial charge in [0.05, 0.1) is 35.8 Å². The molecule has 0 radical (unpaired) electrons. The summed E-state index contributed by atoms with van der Waals surface area (Å²) in [7, 11) is 0. The van der Waals surface area contributed by atoms with Gasteiger partial charge in [0.25, 0.3) is 0 Å². The topological polar surface area (TPSA) is 69.0 Å². The average molecular weight is 479 g/mol. The Morgan fingerprint density at radius 2 is 1.91 bits per heavy atom. The van der Waals surface area contributed by atoms with Crippen LogP contribution < -0.4 is 4.90 Å². The lowest BCUT2D eigenvalue weighted by Crippen LogP contribution is -2.38. The number of anilines is 1. The van der Waals surface area contributed by atoms with Crippen LogP contribution in [0.1, 0.15) is 41.9 Å². The molecule has 0 spiro atoms. The third-order valence-electron chi connectivity index (χ3n) is 6.54. The van der Waals surface area contributed by atoms with Crippen LogP contribution in [0, 0.1) is 19.7 Å². The summed E-state index contributed by atoms with van der Waals surface area (Å²) in [5.74, 6) is 0.281. The molecule has 0 N–H and O–H groups in total. The third-order valence-corrected chi connectivity index (χ3v) is 6.78. The van der Waals surface area contributed by atoms with Gasteiger partial charge in [0, 0.05) is 41.5 Å². The van der Waals surface area contributed by atoms with Crippen molar-refractivity contribution in [3.05, 3.63) is 64.5 Å². The Kier molecular flexibility index (Phi) is 5.22. The number of aromatic nitrogens is 5. The van der Waals surface area contributed by atoms with Gasteiger partial charge in [-0.15, -0.1) is 0 Å². The van der Waals surface area contributed by atoms with Crippen LogP contribution in [0.25, 0.3) is 22.3 Å². The van der Waals surface area contributed by atoms with Crippen LogP contribution in [0.2, 0.25) is 5.02 Å².